The zero-order chi connectivity index (χ0) is 12.0. The van der Waals surface area contributed by atoms with Crippen LogP contribution in [0.5, 0.6) is 0 Å². The van der Waals surface area contributed by atoms with Gasteiger partial charge in [-0.15, -0.1) is 0 Å². The van der Waals surface area contributed by atoms with Gasteiger partial charge in [0.1, 0.15) is 0 Å². The van der Waals surface area contributed by atoms with E-state index in [1.807, 2.05) is 7.11 Å². The van der Waals surface area contributed by atoms with E-state index in [0.29, 0.717) is 12.1 Å². The molecule has 96 valence electrons. The van der Waals surface area contributed by atoms with Crippen LogP contribution < -0.4 is 5.32 Å². The molecule has 0 aromatic heterocycles. The largest absolute Gasteiger partial charge is 0.380 e. The Labute approximate surface area is 101 Å². The van der Waals surface area contributed by atoms with Gasteiger partial charge in [0, 0.05) is 26.2 Å². The molecule has 0 saturated carbocycles. The first-order chi connectivity index (χ1) is 7.63. The number of nitrogens with one attached hydrogen (secondary N) is 1. The van der Waals surface area contributed by atoms with Gasteiger partial charge < -0.3 is 10.1 Å². The molecule has 1 fully saturated rings. The molecule has 0 amide bonds. The van der Waals surface area contributed by atoms with Crippen molar-refractivity contribution in [2.45, 2.75) is 45.8 Å². The Morgan fingerprint density at radius 2 is 2.06 bits per heavy atom. The van der Waals surface area contributed by atoms with Gasteiger partial charge in [0.25, 0.3) is 0 Å². The zero-order valence-corrected chi connectivity index (χ0v) is 11.3. The van der Waals surface area contributed by atoms with Gasteiger partial charge in [-0.3, -0.25) is 4.90 Å². The van der Waals surface area contributed by atoms with Crippen molar-refractivity contribution in [2.75, 3.05) is 33.3 Å². The lowest BCUT2D eigenvalue weighted by Gasteiger charge is -2.36. The Balaban J connectivity index is 2.21. The standard InChI is InChI=1S/C13H28N2O/c1-11(2)8-14-9-12(3)15-7-5-6-13(10-15)16-4/h11-14H,5-10H2,1-4H3. The third-order valence-electron chi connectivity index (χ3n) is 3.36. The number of ether oxygens (including phenoxy) is 1. The molecule has 2 unspecified atom stereocenters. The van der Waals surface area contributed by atoms with E-state index in [9.17, 15) is 0 Å². The fraction of sp³-hybridized carbons (Fsp3) is 1.00. The van der Waals surface area contributed by atoms with Crippen molar-refractivity contribution in [2.24, 2.45) is 5.92 Å². The molecule has 1 saturated heterocycles. The molecule has 0 bridgehead atoms. The normalized spacial score (nSPS) is 24.9. The van der Waals surface area contributed by atoms with Crippen LogP contribution in [0.1, 0.15) is 33.6 Å². The van der Waals surface area contributed by atoms with Gasteiger partial charge in [-0.1, -0.05) is 13.8 Å². The molecular weight excluding hydrogens is 200 g/mol. The fourth-order valence-corrected chi connectivity index (χ4v) is 2.27. The van der Waals surface area contributed by atoms with Crippen LogP contribution in [-0.4, -0.2) is 50.3 Å². The highest BCUT2D eigenvalue weighted by Crippen LogP contribution is 2.14. The minimum Gasteiger partial charge on any atom is -0.380 e. The molecule has 0 aliphatic carbocycles. The molecule has 0 aromatic rings. The van der Waals surface area contributed by atoms with E-state index in [1.54, 1.807) is 0 Å². The van der Waals surface area contributed by atoms with E-state index in [4.69, 9.17) is 4.74 Å². The van der Waals surface area contributed by atoms with Crippen LogP contribution in [0.25, 0.3) is 0 Å². The molecule has 0 aromatic carbocycles. The molecule has 0 radical (unpaired) electrons. The number of likely N-dealkylation sites (tertiary alicyclic amines) is 1. The number of nitrogens with zero attached hydrogens (tertiary/aromatic N) is 1. The van der Waals surface area contributed by atoms with Crippen molar-refractivity contribution >= 4 is 0 Å². The van der Waals surface area contributed by atoms with Crippen molar-refractivity contribution in [3.63, 3.8) is 0 Å². The first kappa shape index (κ1) is 13.9. The second-order valence-corrected chi connectivity index (χ2v) is 5.40. The summed E-state index contributed by atoms with van der Waals surface area (Å²) in [5.41, 5.74) is 0. The Hall–Kier alpha value is -0.120. The molecule has 1 aliphatic heterocycles. The Morgan fingerprint density at radius 3 is 2.69 bits per heavy atom. The Morgan fingerprint density at radius 1 is 1.31 bits per heavy atom. The van der Waals surface area contributed by atoms with Crippen LogP contribution in [0.4, 0.5) is 0 Å². The molecule has 0 spiro atoms. The molecular formula is C13H28N2O. The van der Waals surface area contributed by atoms with Gasteiger partial charge >= 0.3 is 0 Å². The van der Waals surface area contributed by atoms with Gasteiger partial charge in [0.05, 0.1) is 6.10 Å². The number of hydrogen-bond donors (Lipinski definition) is 1. The summed E-state index contributed by atoms with van der Waals surface area (Å²) in [4.78, 5) is 2.55. The van der Waals surface area contributed by atoms with E-state index in [-0.39, 0.29) is 0 Å². The van der Waals surface area contributed by atoms with E-state index >= 15 is 0 Å². The van der Waals surface area contributed by atoms with Crippen LogP contribution in [0, 0.1) is 5.92 Å². The molecule has 1 aliphatic rings. The third kappa shape index (κ3) is 4.81. The minimum absolute atomic E-state index is 0.446. The quantitative estimate of drug-likeness (QED) is 0.749. The maximum atomic E-state index is 5.45. The number of hydrogen-bond acceptors (Lipinski definition) is 3. The minimum atomic E-state index is 0.446. The summed E-state index contributed by atoms with van der Waals surface area (Å²) in [6.45, 7) is 11.3. The summed E-state index contributed by atoms with van der Waals surface area (Å²) in [6.07, 6.45) is 2.94. The van der Waals surface area contributed by atoms with Crippen LogP contribution in [0.3, 0.4) is 0 Å². The molecule has 16 heavy (non-hydrogen) atoms. The van der Waals surface area contributed by atoms with Crippen molar-refractivity contribution in [3.05, 3.63) is 0 Å². The second kappa shape index (κ2) is 7.25. The van der Waals surface area contributed by atoms with Crippen LogP contribution in [0.2, 0.25) is 0 Å². The highest BCUT2D eigenvalue weighted by molar-refractivity contribution is 4.78. The Kier molecular flexibility index (Phi) is 6.32. The molecule has 1 N–H and O–H groups in total. The van der Waals surface area contributed by atoms with E-state index in [0.717, 1.165) is 25.6 Å². The van der Waals surface area contributed by atoms with E-state index in [1.165, 1.54) is 19.4 Å². The summed E-state index contributed by atoms with van der Waals surface area (Å²) in [5.74, 6) is 0.736. The van der Waals surface area contributed by atoms with Crippen molar-refractivity contribution in [3.8, 4) is 0 Å². The predicted octanol–water partition coefficient (Wildman–Crippen LogP) is 1.73. The summed E-state index contributed by atoms with van der Waals surface area (Å²) < 4.78 is 5.45. The second-order valence-electron chi connectivity index (χ2n) is 5.40. The topological polar surface area (TPSA) is 24.5 Å². The summed E-state index contributed by atoms with van der Waals surface area (Å²) in [7, 11) is 1.83. The number of piperidine rings is 1. The predicted molar refractivity (Wildman–Crippen MR) is 68.8 cm³/mol. The summed E-state index contributed by atoms with van der Waals surface area (Å²) in [6, 6.07) is 0.622. The average Bonchev–Trinajstić information content (AvgIpc) is 2.28. The zero-order valence-electron chi connectivity index (χ0n) is 11.3. The monoisotopic (exact) mass is 228 g/mol. The van der Waals surface area contributed by atoms with Crippen LogP contribution in [0.15, 0.2) is 0 Å². The molecule has 1 rings (SSSR count). The highest BCUT2D eigenvalue weighted by atomic mass is 16.5. The fourth-order valence-electron chi connectivity index (χ4n) is 2.27. The van der Waals surface area contributed by atoms with E-state index < -0.39 is 0 Å². The maximum absolute atomic E-state index is 5.45. The number of rotatable bonds is 6. The highest BCUT2D eigenvalue weighted by Gasteiger charge is 2.22. The lowest BCUT2D eigenvalue weighted by atomic mass is 10.1. The summed E-state index contributed by atoms with van der Waals surface area (Å²) in [5, 5.41) is 3.53. The van der Waals surface area contributed by atoms with Crippen molar-refractivity contribution < 1.29 is 4.74 Å². The number of methoxy groups -OCH3 is 1. The molecule has 3 heteroatoms. The van der Waals surface area contributed by atoms with Crippen LogP contribution in [-0.2, 0) is 4.74 Å². The van der Waals surface area contributed by atoms with Gasteiger partial charge in [-0.25, -0.2) is 0 Å². The lowest BCUT2D eigenvalue weighted by molar-refractivity contribution is 0.0175. The van der Waals surface area contributed by atoms with Crippen LogP contribution >= 0.6 is 0 Å². The Bertz CT molecular complexity index is 185. The first-order valence-electron chi connectivity index (χ1n) is 6.61. The maximum Gasteiger partial charge on any atom is 0.0698 e. The molecule has 1 heterocycles. The van der Waals surface area contributed by atoms with Crippen molar-refractivity contribution in [1.82, 2.24) is 10.2 Å². The molecule has 2 atom stereocenters. The lowest BCUT2D eigenvalue weighted by Crippen LogP contribution is -2.48. The van der Waals surface area contributed by atoms with Gasteiger partial charge in [0.2, 0.25) is 0 Å². The van der Waals surface area contributed by atoms with Gasteiger partial charge in [-0.05, 0) is 38.8 Å². The SMILES string of the molecule is COC1CCCN(C(C)CNCC(C)C)C1. The molecule has 3 nitrogen and oxygen atoms in total. The summed E-state index contributed by atoms with van der Waals surface area (Å²) >= 11 is 0. The average molecular weight is 228 g/mol. The van der Waals surface area contributed by atoms with Crippen molar-refractivity contribution in [1.29, 1.82) is 0 Å². The van der Waals surface area contributed by atoms with Gasteiger partial charge in [0.15, 0.2) is 0 Å². The first-order valence-corrected chi connectivity index (χ1v) is 6.61. The smallest absolute Gasteiger partial charge is 0.0698 e. The third-order valence-corrected chi connectivity index (χ3v) is 3.36. The van der Waals surface area contributed by atoms with E-state index in [2.05, 4.69) is 31.0 Å². The van der Waals surface area contributed by atoms with Gasteiger partial charge in [-0.2, -0.15) is 0 Å².